The highest BCUT2D eigenvalue weighted by Crippen LogP contribution is 2.21. The van der Waals surface area contributed by atoms with Gasteiger partial charge in [0.2, 0.25) is 0 Å². The van der Waals surface area contributed by atoms with Crippen molar-refractivity contribution in [3.05, 3.63) is 94.0 Å². The average molecular weight is 524 g/mol. The van der Waals surface area contributed by atoms with Gasteiger partial charge < -0.3 is 10.1 Å². The highest BCUT2D eigenvalue weighted by molar-refractivity contribution is 9.10. The molecule has 0 spiro atoms. The molecule has 2 aromatic heterocycles. The third-order valence-electron chi connectivity index (χ3n) is 4.47. The number of ether oxygens (including phenoxy) is 1. The summed E-state index contributed by atoms with van der Waals surface area (Å²) in [7, 11) is 0. The Morgan fingerprint density at radius 3 is 2.55 bits per heavy atom. The number of nitrogens with one attached hydrogen (secondary N) is 1. The predicted octanol–water partition coefficient (Wildman–Crippen LogP) is 4.74. The van der Waals surface area contributed by atoms with Gasteiger partial charge in [-0.2, -0.15) is 10.2 Å². The Labute approximate surface area is 192 Å². The van der Waals surface area contributed by atoms with E-state index in [0.29, 0.717) is 5.75 Å². The predicted molar refractivity (Wildman–Crippen MR) is 113 cm³/mol. The minimum atomic E-state index is -1.77. The molecule has 0 aliphatic rings. The van der Waals surface area contributed by atoms with Crippen LogP contribution in [0.3, 0.4) is 0 Å². The molecule has 0 unspecified atom stereocenters. The van der Waals surface area contributed by atoms with Gasteiger partial charge in [0.1, 0.15) is 11.6 Å². The van der Waals surface area contributed by atoms with Crippen molar-refractivity contribution < 1.29 is 27.1 Å². The van der Waals surface area contributed by atoms with Crippen molar-refractivity contribution in [1.82, 2.24) is 19.6 Å². The number of anilines is 1. The summed E-state index contributed by atoms with van der Waals surface area (Å²) < 4.78 is 63.1. The number of rotatable bonds is 7. The molecule has 1 amide bonds. The Bertz CT molecular complexity index is 1310. The van der Waals surface area contributed by atoms with E-state index < -0.39 is 41.3 Å². The first-order valence-electron chi connectivity index (χ1n) is 9.37. The van der Waals surface area contributed by atoms with Crippen LogP contribution in [0.5, 0.6) is 5.75 Å². The molecule has 170 valence electrons. The molecule has 2 heterocycles. The maximum Gasteiger partial charge on any atom is 0.276 e. The lowest BCUT2D eigenvalue weighted by Gasteiger charge is -2.07. The monoisotopic (exact) mass is 523 g/mol. The summed E-state index contributed by atoms with van der Waals surface area (Å²) in [5.41, 5.74) is -0.386. The van der Waals surface area contributed by atoms with Crippen molar-refractivity contribution in [2.45, 2.75) is 13.3 Å². The second-order valence-corrected chi connectivity index (χ2v) is 7.71. The second-order valence-electron chi connectivity index (χ2n) is 6.80. The SMILES string of the molecule is O=C(Nc1cnn(Cc2c(F)cc(F)c(F)c2F)c1)c1ccn(COc2ccc(Br)cc2)n1. The molecular formula is C21H14BrF4N5O2. The Balaban J connectivity index is 1.37. The Kier molecular flexibility index (Phi) is 6.45. The van der Waals surface area contributed by atoms with E-state index in [1.54, 1.807) is 18.3 Å². The third kappa shape index (κ3) is 5.22. The van der Waals surface area contributed by atoms with Gasteiger partial charge in [-0.3, -0.25) is 9.48 Å². The summed E-state index contributed by atoms with van der Waals surface area (Å²) in [6, 6.07) is 8.95. The molecule has 0 fully saturated rings. The van der Waals surface area contributed by atoms with Crippen LogP contribution < -0.4 is 10.1 Å². The zero-order valence-electron chi connectivity index (χ0n) is 16.6. The van der Waals surface area contributed by atoms with Crippen molar-refractivity contribution in [2.24, 2.45) is 0 Å². The Morgan fingerprint density at radius 1 is 1.03 bits per heavy atom. The highest BCUT2D eigenvalue weighted by Gasteiger charge is 2.20. The molecule has 0 aliphatic carbocycles. The minimum Gasteiger partial charge on any atom is -0.471 e. The van der Waals surface area contributed by atoms with E-state index in [1.165, 1.54) is 23.1 Å². The van der Waals surface area contributed by atoms with Crippen LogP contribution in [0.1, 0.15) is 16.1 Å². The quantitative estimate of drug-likeness (QED) is 0.216. The number of nitrogens with zero attached hydrogens (tertiary/aromatic N) is 4. The molecule has 2 aromatic carbocycles. The van der Waals surface area contributed by atoms with Crippen LogP contribution in [0, 0.1) is 23.3 Å². The molecule has 0 saturated heterocycles. The number of hydrogen-bond acceptors (Lipinski definition) is 4. The van der Waals surface area contributed by atoms with Crippen molar-refractivity contribution >= 4 is 27.5 Å². The normalized spacial score (nSPS) is 10.9. The van der Waals surface area contributed by atoms with Crippen molar-refractivity contribution in [3.8, 4) is 5.75 Å². The van der Waals surface area contributed by atoms with Gasteiger partial charge in [-0.1, -0.05) is 15.9 Å². The molecule has 33 heavy (non-hydrogen) atoms. The van der Waals surface area contributed by atoms with E-state index in [2.05, 4.69) is 31.4 Å². The first kappa shape index (κ1) is 22.5. The van der Waals surface area contributed by atoms with Crippen molar-refractivity contribution in [2.75, 3.05) is 5.32 Å². The van der Waals surface area contributed by atoms with Crippen LogP contribution in [0.25, 0.3) is 0 Å². The lowest BCUT2D eigenvalue weighted by Crippen LogP contribution is -2.14. The zero-order valence-corrected chi connectivity index (χ0v) is 18.2. The van der Waals surface area contributed by atoms with Gasteiger partial charge in [0.15, 0.2) is 29.9 Å². The van der Waals surface area contributed by atoms with Crippen molar-refractivity contribution in [1.29, 1.82) is 0 Å². The summed E-state index contributed by atoms with van der Waals surface area (Å²) in [6.07, 6.45) is 4.08. The summed E-state index contributed by atoms with van der Waals surface area (Å²) in [5.74, 6) is -6.20. The number of carbonyl (C=O) groups is 1. The van der Waals surface area contributed by atoms with Crippen LogP contribution in [0.15, 0.2) is 59.5 Å². The van der Waals surface area contributed by atoms with Crippen LogP contribution >= 0.6 is 15.9 Å². The van der Waals surface area contributed by atoms with Gasteiger partial charge in [-0.05, 0) is 30.3 Å². The molecular weight excluding hydrogens is 510 g/mol. The van der Waals surface area contributed by atoms with E-state index in [-0.39, 0.29) is 24.2 Å². The van der Waals surface area contributed by atoms with Crippen LogP contribution in [0.2, 0.25) is 0 Å². The average Bonchev–Trinajstić information content (AvgIpc) is 3.44. The van der Waals surface area contributed by atoms with Crippen LogP contribution in [-0.4, -0.2) is 25.5 Å². The van der Waals surface area contributed by atoms with Crippen LogP contribution in [0.4, 0.5) is 23.2 Å². The molecule has 0 saturated carbocycles. The maximum atomic E-state index is 13.8. The summed E-state index contributed by atoms with van der Waals surface area (Å²) in [4.78, 5) is 12.4. The van der Waals surface area contributed by atoms with Gasteiger partial charge in [0.05, 0.1) is 18.4 Å². The molecule has 4 rings (SSSR count). The second kappa shape index (κ2) is 9.45. The van der Waals surface area contributed by atoms with Gasteiger partial charge in [0.25, 0.3) is 5.91 Å². The number of benzene rings is 2. The molecule has 12 heteroatoms. The fourth-order valence-electron chi connectivity index (χ4n) is 2.85. The molecule has 0 bridgehead atoms. The fraction of sp³-hybridized carbons (Fsp3) is 0.0952. The number of aromatic nitrogens is 4. The van der Waals surface area contributed by atoms with E-state index >= 15 is 0 Å². The number of amides is 1. The molecule has 0 aliphatic heterocycles. The van der Waals surface area contributed by atoms with Crippen LogP contribution in [-0.2, 0) is 13.3 Å². The lowest BCUT2D eigenvalue weighted by molar-refractivity contribution is 0.102. The Morgan fingerprint density at radius 2 is 1.79 bits per heavy atom. The maximum absolute atomic E-state index is 13.8. The smallest absolute Gasteiger partial charge is 0.276 e. The molecule has 0 radical (unpaired) electrons. The van der Waals surface area contributed by atoms with Gasteiger partial charge >= 0.3 is 0 Å². The number of hydrogen-bond donors (Lipinski definition) is 1. The standard InChI is InChI=1S/C21H14BrF4N5O2/c22-12-1-3-14(4-2-12)33-11-30-6-5-18(29-30)21(32)28-13-8-27-31(9-13)10-15-16(23)7-17(24)20(26)19(15)25/h1-9H,10-11H2,(H,28,32). The first-order chi connectivity index (χ1) is 15.8. The molecule has 7 nitrogen and oxygen atoms in total. The van der Waals surface area contributed by atoms with Gasteiger partial charge in [-0.25, -0.2) is 22.2 Å². The highest BCUT2D eigenvalue weighted by atomic mass is 79.9. The molecule has 1 N–H and O–H groups in total. The minimum absolute atomic E-state index is 0.0816. The zero-order chi connectivity index (χ0) is 23.5. The first-order valence-corrected chi connectivity index (χ1v) is 10.2. The van der Waals surface area contributed by atoms with Crippen molar-refractivity contribution in [3.63, 3.8) is 0 Å². The molecule has 0 atom stereocenters. The van der Waals surface area contributed by atoms with E-state index in [9.17, 15) is 22.4 Å². The van der Waals surface area contributed by atoms with E-state index in [4.69, 9.17) is 4.74 Å². The molecule has 4 aromatic rings. The third-order valence-corrected chi connectivity index (χ3v) is 5.00. The largest absolute Gasteiger partial charge is 0.471 e. The summed E-state index contributed by atoms with van der Waals surface area (Å²) >= 11 is 3.33. The lowest BCUT2D eigenvalue weighted by atomic mass is 10.2. The topological polar surface area (TPSA) is 74.0 Å². The number of halogens is 5. The summed E-state index contributed by atoms with van der Waals surface area (Å²) in [6.45, 7) is -0.426. The van der Waals surface area contributed by atoms with E-state index in [0.717, 1.165) is 9.15 Å². The van der Waals surface area contributed by atoms with Gasteiger partial charge in [-0.15, -0.1) is 0 Å². The van der Waals surface area contributed by atoms with Gasteiger partial charge in [0, 0.05) is 28.5 Å². The fourth-order valence-corrected chi connectivity index (χ4v) is 3.11. The Hall–Kier alpha value is -3.67. The summed E-state index contributed by atoms with van der Waals surface area (Å²) in [5, 5.41) is 10.5. The number of carbonyl (C=O) groups excluding carboxylic acids is 1. The van der Waals surface area contributed by atoms with E-state index in [1.807, 2.05) is 12.1 Å².